The van der Waals surface area contributed by atoms with Crippen molar-refractivity contribution < 1.29 is 9.53 Å². The van der Waals surface area contributed by atoms with Crippen LogP contribution in [0, 0.1) is 0 Å². The van der Waals surface area contributed by atoms with Gasteiger partial charge in [0.25, 0.3) is 5.91 Å². The lowest BCUT2D eigenvalue weighted by Gasteiger charge is -2.09. The molecule has 3 rings (SSSR count). The molecule has 2 N–H and O–H groups in total. The number of ether oxygens (including phenoxy) is 1. The van der Waals surface area contributed by atoms with E-state index in [-0.39, 0.29) is 12.0 Å². The van der Waals surface area contributed by atoms with Gasteiger partial charge < -0.3 is 10.1 Å². The van der Waals surface area contributed by atoms with Gasteiger partial charge in [-0.2, -0.15) is 0 Å². The molecule has 3 heterocycles. The van der Waals surface area contributed by atoms with Gasteiger partial charge in [0, 0.05) is 31.0 Å². The Bertz CT molecular complexity index is 403. The van der Waals surface area contributed by atoms with Gasteiger partial charge in [-0.1, -0.05) is 0 Å². The number of hydrogen-bond donors (Lipinski definition) is 2. The second-order valence-electron chi connectivity index (χ2n) is 4.31. The summed E-state index contributed by atoms with van der Waals surface area (Å²) >= 11 is 1.56. The summed E-state index contributed by atoms with van der Waals surface area (Å²) in [5.74, 6) is -0.0541. The predicted molar refractivity (Wildman–Crippen MR) is 65.1 cm³/mol. The Hall–Kier alpha value is -0.980. The number of hydrogen-bond acceptors (Lipinski definition) is 5. The Balaban J connectivity index is 1.68. The molecule has 6 heteroatoms. The maximum absolute atomic E-state index is 11.8. The minimum absolute atomic E-state index is 0.0541. The molecule has 0 aromatic carbocycles. The third-order valence-corrected chi connectivity index (χ3v) is 4.07. The number of carbonyl (C=O) groups is 1. The Kier molecular flexibility index (Phi) is 3.09. The molecule has 1 aromatic rings. The molecule has 5 nitrogen and oxygen atoms in total. The minimum atomic E-state index is -0.283. The summed E-state index contributed by atoms with van der Waals surface area (Å²) in [4.78, 5) is 17.5. The highest BCUT2D eigenvalue weighted by Crippen LogP contribution is 2.26. The van der Waals surface area contributed by atoms with Crippen LogP contribution in [0.25, 0.3) is 0 Å². The molecule has 0 bridgehead atoms. The van der Waals surface area contributed by atoms with Gasteiger partial charge in [0.15, 0.2) is 5.13 Å². The number of amides is 1. The third kappa shape index (κ3) is 2.34. The fraction of sp³-hybridized carbons (Fsp3) is 0.636. The highest BCUT2D eigenvalue weighted by atomic mass is 32.1. The first-order valence-electron chi connectivity index (χ1n) is 5.95. The fourth-order valence-corrected chi connectivity index (χ4v) is 3.13. The van der Waals surface area contributed by atoms with Crippen molar-refractivity contribution in [3.05, 3.63) is 10.6 Å². The van der Waals surface area contributed by atoms with Crippen molar-refractivity contribution in [1.29, 1.82) is 0 Å². The zero-order valence-corrected chi connectivity index (χ0v) is 10.3. The van der Waals surface area contributed by atoms with Gasteiger partial charge in [-0.05, 0) is 12.8 Å². The summed E-state index contributed by atoms with van der Waals surface area (Å²) in [6, 6.07) is 0. The molecular formula is C11H15N3O2S. The van der Waals surface area contributed by atoms with E-state index >= 15 is 0 Å². The van der Waals surface area contributed by atoms with Crippen LogP contribution in [0.2, 0.25) is 0 Å². The molecule has 0 spiro atoms. The Labute approximate surface area is 104 Å². The zero-order valence-electron chi connectivity index (χ0n) is 9.49. The summed E-state index contributed by atoms with van der Waals surface area (Å²) in [6.45, 7) is 2.52. The van der Waals surface area contributed by atoms with Gasteiger partial charge >= 0.3 is 0 Å². The second kappa shape index (κ2) is 4.72. The Morgan fingerprint density at radius 2 is 2.53 bits per heavy atom. The van der Waals surface area contributed by atoms with Crippen molar-refractivity contribution in [3.8, 4) is 0 Å². The topological polar surface area (TPSA) is 63.2 Å². The molecule has 1 unspecified atom stereocenters. The third-order valence-electron chi connectivity index (χ3n) is 3.05. The van der Waals surface area contributed by atoms with Crippen molar-refractivity contribution in [2.45, 2.75) is 31.9 Å². The monoisotopic (exact) mass is 253 g/mol. The van der Waals surface area contributed by atoms with Crippen molar-refractivity contribution in [2.75, 3.05) is 18.5 Å². The lowest BCUT2D eigenvalue weighted by atomic mass is 10.2. The molecule has 2 aliphatic heterocycles. The minimum Gasteiger partial charge on any atom is -0.368 e. The summed E-state index contributed by atoms with van der Waals surface area (Å²) in [6.07, 6.45) is 2.45. The molecule has 2 aliphatic rings. The number of aromatic nitrogens is 1. The molecule has 1 atom stereocenters. The molecule has 1 fully saturated rings. The number of carbonyl (C=O) groups excluding carboxylic acids is 1. The van der Waals surface area contributed by atoms with Crippen molar-refractivity contribution in [3.63, 3.8) is 0 Å². The number of nitrogens with zero attached hydrogens (tertiary/aromatic N) is 1. The van der Waals surface area contributed by atoms with Gasteiger partial charge in [-0.3, -0.25) is 10.1 Å². The van der Waals surface area contributed by atoms with E-state index < -0.39 is 0 Å². The average molecular weight is 253 g/mol. The van der Waals surface area contributed by atoms with Gasteiger partial charge in [-0.25, -0.2) is 4.98 Å². The summed E-state index contributed by atoms with van der Waals surface area (Å²) in [5.41, 5.74) is 1.12. The highest BCUT2D eigenvalue weighted by molar-refractivity contribution is 7.15. The Morgan fingerprint density at radius 1 is 1.59 bits per heavy atom. The van der Waals surface area contributed by atoms with Crippen LogP contribution in [0.5, 0.6) is 0 Å². The van der Waals surface area contributed by atoms with Gasteiger partial charge in [0.05, 0.1) is 5.69 Å². The van der Waals surface area contributed by atoms with E-state index in [9.17, 15) is 4.79 Å². The van der Waals surface area contributed by atoms with E-state index in [0.29, 0.717) is 11.7 Å². The Morgan fingerprint density at radius 3 is 3.29 bits per heavy atom. The van der Waals surface area contributed by atoms with E-state index in [1.54, 1.807) is 11.3 Å². The van der Waals surface area contributed by atoms with Gasteiger partial charge in [0.2, 0.25) is 0 Å². The van der Waals surface area contributed by atoms with Crippen LogP contribution in [0.1, 0.15) is 23.4 Å². The summed E-state index contributed by atoms with van der Waals surface area (Å²) in [5, 5.41) is 6.86. The van der Waals surface area contributed by atoms with E-state index in [1.165, 1.54) is 4.88 Å². The molecule has 92 valence electrons. The normalized spacial score (nSPS) is 23.4. The van der Waals surface area contributed by atoms with Crippen LogP contribution >= 0.6 is 11.3 Å². The fourth-order valence-electron chi connectivity index (χ4n) is 2.15. The first-order chi connectivity index (χ1) is 8.33. The second-order valence-corrected chi connectivity index (χ2v) is 5.39. The summed E-state index contributed by atoms with van der Waals surface area (Å²) in [7, 11) is 0. The van der Waals surface area contributed by atoms with Crippen LogP contribution in [-0.2, 0) is 22.5 Å². The summed E-state index contributed by atoms with van der Waals surface area (Å²) < 4.78 is 5.34. The molecule has 0 saturated carbocycles. The lowest BCUT2D eigenvalue weighted by Crippen LogP contribution is -2.26. The van der Waals surface area contributed by atoms with Crippen LogP contribution in [0.15, 0.2) is 0 Å². The van der Waals surface area contributed by atoms with Gasteiger partial charge in [-0.15, -0.1) is 11.3 Å². The average Bonchev–Trinajstić information content (AvgIpc) is 2.97. The van der Waals surface area contributed by atoms with E-state index in [4.69, 9.17) is 4.74 Å². The van der Waals surface area contributed by atoms with Crippen LogP contribution < -0.4 is 10.6 Å². The smallest absolute Gasteiger partial charge is 0.255 e. The molecule has 1 aromatic heterocycles. The molecule has 1 amide bonds. The number of thiazole rings is 1. The quantitative estimate of drug-likeness (QED) is 0.822. The SMILES string of the molecule is O=C(Nc1nc2c(s1)CNCC2)C1CCCO1. The maximum atomic E-state index is 11.8. The number of fused-ring (bicyclic) bond motifs is 1. The molecule has 17 heavy (non-hydrogen) atoms. The van der Waals surface area contributed by atoms with E-state index in [2.05, 4.69) is 15.6 Å². The van der Waals surface area contributed by atoms with Crippen molar-refractivity contribution in [1.82, 2.24) is 10.3 Å². The van der Waals surface area contributed by atoms with Crippen molar-refractivity contribution in [2.24, 2.45) is 0 Å². The highest BCUT2D eigenvalue weighted by Gasteiger charge is 2.25. The predicted octanol–water partition coefficient (Wildman–Crippen LogP) is 0.906. The first-order valence-corrected chi connectivity index (χ1v) is 6.76. The standard InChI is InChI=1S/C11H15N3O2S/c15-10(8-2-1-5-16-8)14-11-13-7-3-4-12-6-9(7)17-11/h8,12H,1-6H2,(H,13,14,15). The lowest BCUT2D eigenvalue weighted by molar-refractivity contribution is -0.124. The van der Waals surface area contributed by atoms with Crippen LogP contribution in [0.3, 0.4) is 0 Å². The molecular weight excluding hydrogens is 238 g/mol. The number of nitrogens with one attached hydrogen (secondary N) is 2. The van der Waals surface area contributed by atoms with E-state index in [0.717, 1.165) is 38.0 Å². The van der Waals surface area contributed by atoms with Crippen LogP contribution in [-0.4, -0.2) is 30.1 Å². The van der Waals surface area contributed by atoms with Gasteiger partial charge in [0.1, 0.15) is 6.10 Å². The number of rotatable bonds is 2. The first kappa shape index (κ1) is 11.1. The van der Waals surface area contributed by atoms with Crippen molar-refractivity contribution >= 4 is 22.4 Å². The van der Waals surface area contributed by atoms with Crippen LogP contribution in [0.4, 0.5) is 5.13 Å². The largest absolute Gasteiger partial charge is 0.368 e. The molecule has 1 saturated heterocycles. The zero-order chi connectivity index (χ0) is 11.7. The molecule has 0 radical (unpaired) electrons. The van der Waals surface area contributed by atoms with E-state index in [1.807, 2.05) is 0 Å². The molecule has 0 aliphatic carbocycles. The maximum Gasteiger partial charge on any atom is 0.255 e. The number of anilines is 1.